The highest BCUT2D eigenvalue weighted by atomic mass is 16.5. The molecule has 2 rings (SSSR count). The van der Waals surface area contributed by atoms with Crippen molar-refractivity contribution in [3.8, 4) is 11.8 Å². The fraction of sp³-hybridized carbons (Fsp3) is 0.150. The van der Waals surface area contributed by atoms with E-state index in [1.165, 1.54) is 20.1 Å². The first-order valence-corrected chi connectivity index (χ1v) is 7.85. The minimum atomic E-state index is -0.959. The van der Waals surface area contributed by atoms with Crippen LogP contribution >= 0.6 is 0 Å². The Bertz CT molecular complexity index is 851. The Hall–Kier alpha value is -3.59. The highest BCUT2D eigenvalue weighted by Gasteiger charge is 2.16. The SMILES string of the molecule is COc1cccc(NC(=O)[C@@H](C)OC(=O)/C=C/c2ccc(C#N)cc2)c1. The normalized spacial score (nSPS) is 11.4. The van der Waals surface area contributed by atoms with Crippen molar-refractivity contribution in [1.82, 2.24) is 0 Å². The maximum Gasteiger partial charge on any atom is 0.331 e. The van der Waals surface area contributed by atoms with Crippen LogP contribution in [-0.2, 0) is 14.3 Å². The predicted molar refractivity (Wildman–Crippen MR) is 97.4 cm³/mol. The van der Waals surface area contributed by atoms with Crippen LogP contribution in [0.3, 0.4) is 0 Å². The summed E-state index contributed by atoms with van der Waals surface area (Å²) < 4.78 is 10.2. The molecular formula is C20H18N2O4. The van der Waals surface area contributed by atoms with Crippen molar-refractivity contribution < 1.29 is 19.1 Å². The number of methoxy groups -OCH3 is 1. The van der Waals surface area contributed by atoms with Crippen LogP contribution in [0.2, 0.25) is 0 Å². The Labute approximate surface area is 151 Å². The van der Waals surface area contributed by atoms with Gasteiger partial charge in [-0.25, -0.2) is 4.79 Å². The molecular weight excluding hydrogens is 332 g/mol. The number of rotatable bonds is 6. The van der Waals surface area contributed by atoms with Gasteiger partial charge in [0, 0.05) is 17.8 Å². The van der Waals surface area contributed by atoms with Crippen LogP contribution in [0.1, 0.15) is 18.1 Å². The third-order valence-corrected chi connectivity index (χ3v) is 3.45. The Morgan fingerprint density at radius 1 is 1.19 bits per heavy atom. The summed E-state index contributed by atoms with van der Waals surface area (Å²) in [5.74, 6) is -0.473. The van der Waals surface area contributed by atoms with Crippen LogP contribution in [0.25, 0.3) is 6.08 Å². The minimum absolute atomic E-state index is 0.446. The molecule has 1 amide bonds. The van der Waals surface area contributed by atoms with Gasteiger partial charge >= 0.3 is 5.97 Å². The van der Waals surface area contributed by atoms with E-state index in [-0.39, 0.29) is 0 Å². The third kappa shape index (κ3) is 5.49. The molecule has 1 atom stereocenters. The van der Waals surface area contributed by atoms with Gasteiger partial charge in [0.2, 0.25) is 0 Å². The molecule has 2 aromatic rings. The van der Waals surface area contributed by atoms with Crippen LogP contribution in [0.4, 0.5) is 5.69 Å². The first-order chi connectivity index (χ1) is 12.5. The summed E-state index contributed by atoms with van der Waals surface area (Å²) in [6, 6.07) is 15.6. The number of nitrogens with zero attached hydrogens (tertiary/aromatic N) is 1. The molecule has 0 aliphatic carbocycles. The number of nitriles is 1. The molecule has 0 aliphatic heterocycles. The molecule has 1 N–H and O–H groups in total. The van der Waals surface area contributed by atoms with Crippen LogP contribution in [-0.4, -0.2) is 25.1 Å². The van der Waals surface area contributed by atoms with E-state index in [1.54, 1.807) is 54.6 Å². The van der Waals surface area contributed by atoms with Gasteiger partial charge < -0.3 is 14.8 Å². The van der Waals surface area contributed by atoms with E-state index in [2.05, 4.69) is 5.32 Å². The second kappa shape index (κ2) is 9.04. The van der Waals surface area contributed by atoms with Gasteiger partial charge in [0.25, 0.3) is 5.91 Å². The summed E-state index contributed by atoms with van der Waals surface area (Å²) in [6.45, 7) is 1.49. The maximum absolute atomic E-state index is 12.1. The number of hydrogen-bond donors (Lipinski definition) is 1. The second-order valence-electron chi connectivity index (χ2n) is 5.37. The van der Waals surface area contributed by atoms with Crippen LogP contribution in [0.15, 0.2) is 54.6 Å². The van der Waals surface area contributed by atoms with E-state index in [0.717, 1.165) is 5.56 Å². The number of carbonyl (C=O) groups is 2. The first kappa shape index (κ1) is 18.7. The lowest BCUT2D eigenvalue weighted by Crippen LogP contribution is -2.29. The summed E-state index contributed by atoms with van der Waals surface area (Å²) in [5, 5.41) is 11.4. The largest absolute Gasteiger partial charge is 0.497 e. The van der Waals surface area contributed by atoms with Crippen molar-refractivity contribution in [3.05, 3.63) is 65.7 Å². The Morgan fingerprint density at radius 2 is 1.92 bits per heavy atom. The highest BCUT2D eigenvalue weighted by molar-refractivity contribution is 5.96. The average Bonchev–Trinajstić information content (AvgIpc) is 2.66. The zero-order valence-electron chi connectivity index (χ0n) is 14.4. The van der Waals surface area contributed by atoms with E-state index in [9.17, 15) is 9.59 Å². The standard InChI is InChI=1S/C20H18N2O4/c1-14(20(24)22-17-4-3-5-18(12-17)25-2)26-19(23)11-10-15-6-8-16(13-21)9-7-15/h3-12,14H,1-2H3,(H,22,24)/b11-10+/t14-/m1/s1. The van der Waals surface area contributed by atoms with Gasteiger partial charge in [0.15, 0.2) is 6.10 Å². The van der Waals surface area contributed by atoms with Gasteiger partial charge in [-0.15, -0.1) is 0 Å². The molecule has 0 unspecified atom stereocenters. The van der Waals surface area contributed by atoms with Gasteiger partial charge in [0.05, 0.1) is 18.7 Å². The van der Waals surface area contributed by atoms with Crippen LogP contribution in [0.5, 0.6) is 5.75 Å². The fourth-order valence-corrected chi connectivity index (χ4v) is 2.04. The molecule has 26 heavy (non-hydrogen) atoms. The number of amides is 1. The van der Waals surface area contributed by atoms with Crippen LogP contribution < -0.4 is 10.1 Å². The molecule has 0 bridgehead atoms. The van der Waals surface area contributed by atoms with Crippen molar-refractivity contribution in [2.24, 2.45) is 0 Å². The van der Waals surface area contributed by atoms with Crippen LogP contribution in [0, 0.1) is 11.3 Å². The summed E-state index contributed by atoms with van der Waals surface area (Å²) >= 11 is 0. The lowest BCUT2D eigenvalue weighted by molar-refractivity contribution is -0.148. The summed E-state index contributed by atoms with van der Waals surface area (Å²) in [7, 11) is 1.53. The lowest BCUT2D eigenvalue weighted by atomic mass is 10.1. The second-order valence-corrected chi connectivity index (χ2v) is 5.37. The molecule has 0 aromatic heterocycles. The Balaban J connectivity index is 1.89. The van der Waals surface area contributed by atoms with E-state index in [0.29, 0.717) is 17.0 Å². The van der Waals surface area contributed by atoms with Gasteiger partial charge in [-0.1, -0.05) is 18.2 Å². The van der Waals surface area contributed by atoms with Crippen molar-refractivity contribution in [2.75, 3.05) is 12.4 Å². The van der Waals surface area contributed by atoms with E-state index < -0.39 is 18.0 Å². The molecule has 0 heterocycles. The Morgan fingerprint density at radius 3 is 2.58 bits per heavy atom. The molecule has 0 radical (unpaired) electrons. The molecule has 0 saturated heterocycles. The summed E-state index contributed by atoms with van der Waals surface area (Å²) in [4.78, 5) is 24.0. The number of esters is 1. The summed E-state index contributed by atoms with van der Waals surface area (Å²) in [5.41, 5.74) is 1.83. The zero-order valence-corrected chi connectivity index (χ0v) is 14.4. The quantitative estimate of drug-likeness (QED) is 0.639. The Kier molecular flexibility index (Phi) is 6.52. The van der Waals surface area contributed by atoms with E-state index in [1.807, 2.05) is 6.07 Å². The van der Waals surface area contributed by atoms with Gasteiger partial charge in [-0.3, -0.25) is 4.79 Å². The van der Waals surface area contributed by atoms with Crippen molar-refractivity contribution in [1.29, 1.82) is 5.26 Å². The summed E-state index contributed by atoms with van der Waals surface area (Å²) in [6.07, 6.45) is 1.83. The van der Waals surface area contributed by atoms with Crippen molar-refractivity contribution in [2.45, 2.75) is 13.0 Å². The number of hydrogen-bond acceptors (Lipinski definition) is 5. The maximum atomic E-state index is 12.1. The van der Waals surface area contributed by atoms with Gasteiger partial charge in [0.1, 0.15) is 5.75 Å². The number of anilines is 1. The molecule has 0 spiro atoms. The molecule has 6 heteroatoms. The van der Waals surface area contributed by atoms with Crippen molar-refractivity contribution in [3.63, 3.8) is 0 Å². The molecule has 6 nitrogen and oxygen atoms in total. The third-order valence-electron chi connectivity index (χ3n) is 3.45. The highest BCUT2D eigenvalue weighted by Crippen LogP contribution is 2.17. The van der Waals surface area contributed by atoms with Gasteiger partial charge in [-0.2, -0.15) is 5.26 Å². The topological polar surface area (TPSA) is 88.4 Å². The van der Waals surface area contributed by atoms with E-state index in [4.69, 9.17) is 14.7 Å². The number of carbonyl (C=O) groups excluding carboxylic acids is 2. The number of benzene rings is 2. The molecule has 0 aliphatic rings. The van der Waals surface area contributed by atoms with Gasteiger partial charge in [-0.05, 0) is 42.8 Å². The number of ether oxygens (including phenoxy) is 2. The molecule has 0 saturated carbocycles. The zero-order chi connectivity index (χ0) is 18.9. The molecule has 132 valence electrons. The van der Waals surface area contributed by atoms with Crippen molar-refractivity contribution >= 4 is 23.6 Å². The lowest BCUT2D eigenvalue weighted by Gasteiger charge is -2.12. The predicted octanol–water partition coefficient (Wildman–Crippen LogP) is 3.15. The average molecular weight is 350 g/mol. The van der Waals surface area contributed by atoms with E-state index >= 15 is 0 Å². The minimum Gasteiger partial charge on any atom is -0.497 e. The first-order valence-electron chi connectivity index (χ1n) is 7.85. The monoisotopic (exact) mass is 350 g/mol. The molecule has 2 aromatic carbocycles. The number of nitrogens with one attached hydrogen (secondary N) is 1. The smallest absolute Gasteiger partial charge is 0.331 e. The fourth-order valence-electron chi connectivity index (χ4n) is 2.04. The molecule has 0 fully saturated rings.